The molecule has 0 amide bonds. The van der Waals surface area contributed by atoms with Crippen LogP contribution >= 0.6 is 0 Å². The molecule has 2 heteroatoms. The van der Waals surface area contributed by atoms with Gasteiger partial charge in [0.1, 0.15) is 0 Å². The first-order chi connectivity index (χ1) is 11.5. The average molecular weight is 312 g/mol. The second-order valence-corrected chi connectivity index (χ2v) is 6.51. The SMILES string of the molecule is Cc1ccc2ccc(N)c(-c3c(N)ccc4ccc(C)cc34)c2c1. The quantitative estimate of drug-likeness (QED) is 0.460. The normalized spacial score (nSPS) is 11.2. The van der Waals surface area contributed by atoms with Gasteiger partial charge < -0.3 is 11.5 Å². The summed E-state index contributed by atoms with van der Waals surface area (Å²) in [5.74, 6) is 0. The van der Waals surface area contributed by atoms with E-state index in [4.69, 9.17) is 11.5 Å². The summed E-state index contributed by atoms with van der Waals surface area (Å²) < 4.78 is 0. The Hall–Kier alpha value is -3.00. The van der Waals surface area contributed by atoms with Crippen molar-refractivity contribution >= 4 is 32.9 Å². The van der Waals surface area contributed by atoms with Gasteiger partial charge >= 0.3 is 0 Å². The van der Waals surface area contributed by atoms with Gasteiger partial charge in [0.25, 0.3) is 0 Å². The lowest BCUT2D eigenvalue weighted by atomic mass is 9.90. The second kappa shape index (κ2) is 5.27. The summed E-state index contributed by atoms with van der Waals surface area (Å²) in [6, 6.07) is 21.0. The van der Waals surface area contributed by atoms with E-state index in [0.717, 1.165) is 33.3 Å². The number of hydrogen-bond acceptors (Lipinski definition) is 2. The lowest BCUT2D eigenvalue weighted by molar-refractivity contribution is 1.50. The van der Waals surface area contributed by atoms with Crippen LogP contribution < -0.4 is 11.5 Å². The van der Waals surface area contributed by atoms with Gasteiger partial charge in [0, 0.05) is 22.5 Å². The van der Waals surface area contributed by atoms with Gasteiger partial charge in [-0.25, -0.2) is 0 Å². The monoisotopic (exact) mass is 312 g/mol. The third-order valence-corrected chi connectivity index (χ3v) is 4.67. The Bertz CT molecular complexity index is 994. The molecule has 0 saturated heterocycles. The summed E-state index contributed by atoms with van der Waals surface area (Å²) in [4.78, 5) is 0. The fourth-order valence-electron chi connectivity index (χ4n) is 3.46. The van der Waals surface area contributed by atoms with Gasteiger partial charge in [-0.1, -0.05) is 59.7 Å². The summed E-state index contributed by atoms with van der Waals surface area (Å²) in [5.41, 5.74) is 18.8. The van der Waals surface area contributed by atoms with E-state index in [9.17, 15) is 0 Å². The standard InChI is InChI=1S/C22H20N2/c1-13-3-5-15-7-9-19(23)21(17(15)11-13)22-18-12-14(2)4-6-16(18)8-10-20(22)24/h3-12H,23-24H2,1-2H3. The number of fused-ring (bicyclic) bond motifs is 2. The third-order valence-electron chi connectivity index (χ3n) is 4.67. The lowest BCUT2D eigenvalue weighted by Gasteiger charge is -2.16. The number of nitrogen functional groups attached to an aromatic ring is 2. The molecule has 0 aliphatic rings. The van der Waals surface area contributed by atoms with Crippen LogP contribution in [0, 0.1) is 13.8 Å². The van der Waals surface area contributed by atoms with Crippen LogP contribution in [0.2, 0.25) is 0 Å². The molecule has 0 heterocycles. The van der Waals surface area contributed by atoms with Gasteiger partial charge in [0.05, 0.1) is 0 Å². The highest BCUT2D eigenvalue weighted by molar-refractivity contribution is 6.13. The van der Waals surface area contributed by atoms with Crippen LogP contribution in [0.3, 0.4) is 0 Å². The second-order valence-electron chi connectivity index (χ2n) is 6.51. The average Bonchev–Trinajstić information content (AvgIpc) is 2.56. The molecule has 0 aliphatic heterocycles. The Morgan fingerprint density at radius 2 is 0.917 bits per heavy atom. The number of rotatable bonds is 1. The van der Waals surface area contributed by atoms with E-state index in [1.807, 2.05) is 12.1 Å². The molecule has 0 fully saturated rings. The van der Waals surface area contributed by atoms with Crippen molar-refractivity contribution in [1.29, 1.82) is 0 Å². The van der Waals surface area contributed by atoms with Gasteiger partial charge in [-0.15, -0.1) is 0 Å². The van der Waals surface area contributed by atoms with E-state index < -0.39 is 0 Å². The van der Waals surface area contributed by atoms with E-state index >= 15 is 0 Å². The van der Waals surface area contributed by atoms with Crippen molar-refractivity contribution in [3.8, 4) is 11.1 Å². The predicted octanol–water partition coefficient (Wildman–Crippen LogP) is 5.44. The van der Waals surface area contributed by atoms with Gasteiger partial charge in [0.15, 0.2) is 0 Å². The maximum atomic E-state index is 6.41. The molecule has 2 nitrogen and oxygen atoms in total. The van der Waals surface area contributed by atoms with Crippen molar-refractivity contribution in [2.24, 2.45) is 0 Å². The maximum absolute atomic E-state index is 6.41. The minimum Gasteiger partial charge on any atom is -0.398 e. The summed E-state index contributed by atoms with van der Waals surface area (Å²) >= 11 is 0. The fraction of sp³-hybridized carbons (Fsp3) is 0.0909. The molecule has 4 aromatic rings. The molecule has 0 bridgehead atoms. The molecule has 0 unspecified atom stereocenters. The van der Waals surface area contributed by atoms with Crippen molar-refractivity contribution in [3.05, 3.63) is 71.8 Å². The van der Waals surface area contributed by atoms with E-state index in [0.29, 0.717) is 0 Å². The van der Waals surface area contributed by atoms with Crippen LogP contribution in [0.4, 0.5) is 11.4 Å². The summed E-state index contributed by atoms with van der Waals surface area (Å²) in [7, 11) is 0. The van der Waals surface area contributed by atoms with Crippen LogP contribution in [0.25, 0.3) is 32.7 Å². The van der Waals surface area contributed by atoms with Crippen molar-refractivity contribution in [2.75, 3.05) is 11.5 Å². The molecule has 0 aliphatic carbocycles. The van der Waals surface area contributed by atoms with E-state index in [2.05, 4.69) is 62.4 Å². The highest BCUT2D eigenvalue weighted by Gasteiger charge is 2.14. The van der Waals surface area contributed by atoms with E-state index in [-0.39, 0.29) is 0 Å². The first-order valence-corrected chi connectivity index (χ1v) is 8.12. The first kappa shape index (κ1) is 14.6. The Morgan fingerprint density at radius 3 is 1.33 bits per heavy atom. The molecule has 4 rings (SSSR count). The van der Waals surface area contributed by atoms with Gasteiger partial charge in [-0.05, 0) is 47.5 Å². The first-order valence-electron chi connectivity index (χ1n) is 8.12. The Morgan fingerprint density at radius 1 is 0.542 bits per heavy atom. The van der Waals surface area contributed by atoms with Crippen LogP contribution in [0.1, 0.15) is 11.1 Å². The maximum Gasteiger partial charge on any atom is 0.0401 e. The Kier molecular flexibility index (Phi) is 3.20. The summed E-state index contributed by atoms with van der Waals surface area (Å²) in [5, 5.41) is 4.65. The molecule has 0 saturated carbocycles. The molecule has 4 aromatic carbocycles. The number of aryl methyl sites for hydroxylation is 2. The zero-order valence-electron chi connectivity index (χ0n) is 13.9. The summed E-state index contributed by atoms with van der Waals surface area (Å²) in [6.07, 6.45) is 0. The molecule has 118 valence electrons. The van der Waals surface area contributed by atoms with Crippen molar-refractivity contribution < 1.29 is 0 Å². The molecule has 0 aromatic heterocycles. The third kappa shape index (κ3) is 2.19. The van der Waals surface area contributed by atoms with Crippen LogP contribution in [0.15, 0.2) is 60.7 Å². The number of nitrogens with two attached hydrogens (primary N) is 2. The molecular formula is C22H20N2. The smallest absolute Gasteiger partial charge is 0.0401 e. The van der Waals surface area contributed by atoms with Crippen molar-refractivity contribution in [3.63, 3.8) is 0 Å². The predicted molar refractivity (Wildman–Crippen MR) is 105 cm³/mol. The Labute approximate surface area is 141 Å². The molecule has 0 atom stereocenters. The van der Waals surface area contributed by atoms with Crippen molar-refractivity contribution in [2.45, 2.75) is 13.8 Å². The highest BCUT2D eigenvalue weighted by Crippen LogP contribution is 2.41. The largest absolute Gasteiger partial charge is 0.398 e. The zero-order chi connectivity index (χ0) is 16.8. The van der Waals surface area contributed by atoms with E-state index in [1.165, 1.54) is 21.9 Å². The van der Waals surface area contributed by atoms with Crippen LogP contribution in [-0.4, -0.2) is 0 Å². The number of anilines is 2. The molecule has 4 N–H and O–H groups in total. The Balaban J connectivity index is 2.21. The fourth-order valence-corrected chi connectivity index (χ4v) is 3.46. The lowest BCUT2D eigenvalue weighted by Crippen LogP contribution is -1.97. The zero-order valence-corrected chi connectivity index (χ0v) is 13.9. The van der Waals surface area contributed by atoms with Crippen LogP contribution in [0.5, 0.6) is 0 Å². The van der Waals surface area contributed by atoms with Crippen molar-refractivity contribution in [1.82, 2.24) is 0 Å². The molecular weight excluding hydrogens is 292 g/mol. The minimum absolute atomic E-state index is 0.758. The van der Waals surface area contributed by atoms with Gasteiger partial charge in [-0.3, -0.25) is 0 Å². The van der Waals surface area contributed by atoms with Gasteiger partial charge in [-0.2, -0.15) is 0 Å². The number of hydrogen-bond donors (Lipinski definition) is 2. The highest BCUT2D eigenvalue weighted by atomic mass is 14.6. The number of benzene rings is 4. The summed E-state index contributed by atoms with van der Waals surface area (Å²) in [6.45, 7) is 4.20. The molecule has 24 heavy (non-hydrogen) atoms. The molecule has 0 radical (unpaired) electrons. The van der Waals surface area contributed by atoms with Crippen LogP contribution in [-0.2, 0) is 0 Å². The van der Waals surface area contributed by atoms with E-state index in [1.54, 1.807) is 0 Å². The topological polar surface area (TPSA) is 52.0 Å². The molecule has 0 spiro atoms. The van der Waals surface area contributed by atoms with Gasteiger partial charge in [0.2, 0.25) is 0 Å². The minimum atomic E-state index is 0.758.